The lowest BCUT2D eigenvalue weighted by Gasteiger charge is -2.18. The Morgan fingerprint density at radius 2 is 0.609 bits per heavy atom. The molecule has 0 saturated carbocycles. The minimum Gasteiger partial charge on any atom is -0.462 e. The molecule has 0 heterocycles. The van der Waals surface area contributed by atoms with Gasteiger partial charge in [0.05, 0.1) is 0 Å². The minimum atomic E-state index is -0.793. The van der Waals surface area contributed by atoms with Crippen LogP contribution in [-0.2, 0) is 28.6 Å². The molecule has 0 rings (SSSR count). The number of hydrogen-bond acceptors (Lipinski definition) is 6. The lowest BCUT2D eigenvalue weighted by Crippen LogP contribution is -2.30. The molecule has 0 aliphatic rings. The highest BCUT2D eigenvalue weighted by molar-refractivity contribution is 5.71. The first-order chi connectivity index (χ1) is 31.5. The van der Waals surface area contributed by atoms with Crippen molar-refractivity contribution in [2.75, 3.05) is 13.2 Å². The van der Waals surface area contributed by atoms with Crippen molar-refractivity contribution in [3.05, 3.63) is 60.8 Å². The Kier molecular flexibility index (Phi) is 50.4. The van der Waals surface area contributed by atoms with Crippen molar-refractivity contribution >= 4 is 17.9 Å². The fourth-order valence-corrected chi connectivity index (χ4v) is 7.62. The van der Waals surface area contributed by atoms with Gasteiger partial charge in [0.1, 0.15) is 13.2 Å². The van der Waals surface area contributed by atoms with Crippen LogP contribution in [0.15, 0.2) is 60.8 Å². The van der Waals surface area contributed by atoms with Crippen LogP contribution in [0.3, 0.4) is 0 Å². The van der Waals surface area contributed by atoms with E-state index in [1.54, 1.807) is 0 Å². The Morgan fingerprint density at radius 3 is 0.984 bits per heavy atom. The first-order valence-electron chi connectivity index (χ1n) is 27.3. The molecule has 0 fully saturated rings. The van der Waals surface area contributed by atoms with Crippen LogP contribution in [0.2, 0.25) is 0 Å². The zero-order chi connectivity index (χ0) is 46.5. The molecule has 1 atom stereocenters. The summed E-state index contributed by atoms with van der Waals surface area (Å²) in [6, 6.07) is 0. The smallest absolute Gasteiger partial charge is 0.306 e. The summed E-state index contributed by atoms with van der Waals surface area (Å²) in [4.78, 5) is 38.0. The van der Waals surface area contributed by atoms with Crippen molar-refractivity contribution in [2.45, 2.75) is 277 Å². The lowest BCUT2D eigenvalue weighted by atomic mass is 10.1. The van der Waals surface area contributed by atoms with Gasteiger partial charge in [0.25, 0.3) is 0 Å². The van der Waals surface area contributed by atoms with Gasteiger partial charge in [0, 0.05) is 19.3 Å². The highest BCUT2D eigenvalue weighted by Crippen LogP contribution is 2.14. The van der Waals surface area contributed by atoms with E-state index in [0.717, 1.165) is 103 Å². The molecule has 6 heteroatoms. The van der Waals surface area contributed by atoms with Crippen LogP contribution >= 0.6 is 0 Å². The highest BCUT2D eigenvalue weighted by atomic mass is 16.6. The third-order valence-electron chi connectivity index (χ3n) is 11.7. The Hall–Kier alpha value is -2.89. The lowest BCUT2D eigenvalue weighted by molar-refractivity contribution is -0.167. The predicted molar refractivity (Wildman–Crippen MR) is 275 cm³/mol. The van der Waals surface area contributed by atoms with Crippen molar-refractivity contribution in [1.82, 2.24) is 0 Å². The Morgan fingerprint density at radius 1 is 0.328 bits per heavy atom. The number of carbonyl (C=O) groups excluding carboxylic acids is 3. The van der Waals surface area contributed by atoms with Gasteiger partial charge in [0.2, 0.25) is 0 Å². The monoisotopic (exact) mass is 895 g/mol. The van der Waals surface area contributed by atoms with Gasteiger partial charge in [-0.15, -0.1) is 0 Å². The minimum absolute atomic E-state index is 0.0898. The van der Waals surface area contributed by atoms with Gasteiger partial charge < -0.3 is 14.2 Å². The van der Waals surface area contributed by atoms with Crippen LogP contribution in [-0.4, -0.2) is 37.2 Å². The van der Waals surface area contributed by atoms with Gasteiger partial charge >= 0.3 is 17.9 Å². The molecule has 0 spiro atoms. The second kappa shape index (κ2) is 52.7. The Balaban J connectivity index is 4.39. The summed E-state index contributed by atoms with van der Waals surface area (Å²) in [5, 5.41) is 0. The molecule has 370 valence electrons. The summed E-state index contributed by atoms with van der Waals surface area (Å²) < 4.78 is 16.8. The third kappa shape index (κ3) is 50.1. The Labute approximate surface area is 396 Å². The quantitative estimate of drug-likeness (QED) is 0.0262. The zero-order valence-corrected chi connectivity index (χ0v) is 42.3. The fraction of sp³-hybridized carbons (Fsp3) is 0.776. The molecule has 1 unspecified atom stereocenters. The number of carbonyl (C=O) groups is 3. The summed E-state index contributed by atoms with van der Waals surface area (Å²) in [5.74, 6) is -0.927. The number of allylic oxidation sites excluding steroid dienone is 10. The number of ether oxygens (including phenoxy) is 3. The van der Waals surface area contributed by atoms with Crippen LogP contribution in [0, 0.1) is 0 Å². The third-order valence-corrected chi connectivity index (χ3v) is 11.7. The van der Waals surface area contributed by atoms with E-state index in [-0.39, 0.29) is 31.1 Å². The van der Waals surface area contributed by atoms with E-state index in [1.807, 2.05) is 0 Å². The van der Waals surface area contributed by atoms with Gasteiger partial charge in [-0.2, -0.15) is 0 Å². The second-order valence-electron chi connectivity index (χ2n) is 18.1. The van der Waals surface area contributed by atoms with Crippen molar-refractivity contribution < 1.29 is 28.6 Å². The first kappa shape index (κ1) is 61.1. The van der Waals surface area contributed by atoms with Gasteiger partial charge in [-0.3, -0.25) is 14.4 Å². The van der Waals surface area contributed by atoms with E-state index in [0.29, 0.717) is 19.3 Å². The molecule has 0 aromatic carbocycles. The fourth-order valence-electron chi connectivity index (χ4n) is 7.62. The Bertz CT molecular complexity index is 1170. The second-order valence-corrected chi connectivity index (χ2v) is 18.1. The van der Waals surface area contributed by atoms with Crippen LogP contribution < -0.4 is 0 Å². The summed E-state index contributed by atoms with van der Waals surface area (Å²) in [5.41, 5.74) is 0. The largest absolute Gasteiger partial charge is 0.462 e. The highest BCUT2D eigenvalue weighted by Gasteiger charge is 2.19. The van der Waals surface area contributed by atoms with Crippen LogP contribution in [0.5, 0.6) is 0 Å². The maximum atomic E-state index is 12.8. The van der Waals surface area contributed by atoms with E-state index in [2.05, 4.69) is 81.5 Å². The molecule has 0 radical (unpaired) electrons. The number of unbranched alkanes of at least 4 members (excludes halogenated alkanes) is 28. The first-order valence-corrected chi connectivity index (χ1v) is 27.3. The van der Waals surface area contributed by atoms with Crippen LogP contribution in [0.4, 0.5) is 0 Å². The van der Waals surface area contributed by atoms with Crippen molar-refractivity contribution in [3.63, 3.8) is 0 Å². The summed E-state index contributed by atoms with van der Waals surface area (Å²) in [7, 11) is 0. The molecule has 0 aromatic heterocycles. The molecule has 0 aliphatic carbocycles. The molecule has 6 nitrogen and oxygen atoms in total. The molecule has 0 aromatic rings. The molecule has 0 aliphatic heterocycles. The van der Waals surface area contributed by atoms with Crippen molar-refractivity contribution in [3.8, 4) is 0 Å². The SMILES string of the molecule is CC/C=C\C/C=C\C/C=C\CCCCCCC(=O)OC(COC(=O)CCCCC/C=C\CCCCCCCC)COC(=O)CCCCCCCCC/C=C\CCCCCCCCCC. The molecular formula is C58H102O6. The molecular weight excluding hydrogens is 793 g/mol. The standard InChI is InChI=1S/C58H102O6/c1-4-7-10-13-16-19-22-25-27-28-29-30-31-34-36-39-42-45-48-51-57(60)63-54-55(53-62-56(59)50-47-44-41-38-35-32-24-21-18-15-12-9-6-3)64-58(61)52-49-46-43-40-37-33-26-23-20-17-14-11-8-5-2/h8,11,17,20,26,28-29,32-33,35,55H,4-7,9-10,12-16,18-19,21-25,27,30-31,34,36-54H2,1-3H3/b11-8-,20-17-,29-28-,33-26-,35-32-. The molecule has 0 bridgehead atoms. The van der Waals surface area contributed by atoms with E-state index in [1.165, 1.54) is 128 Å². The van der Waals surface area contributed by atoms with Gasteiger partial charge in [0.15, 0.2) is 6.10 Å². The van der Waals surface area contributed by atoms with Gasteiger partial charge in [-0.25, -0.2) is 0 Å². The molecule has 0 N–H and O–H groups in total. The average Bonchev–Trinajstić information content (AvgIpc) is 3.29. The maximum Gasteiger partial charge on any atom is 0.306 e. The summed E-state index contributed by atoms with van der Waals surface area (Å²) in [6.07, 6.45) is 65.0. The number of esters is 3. The summed E-state index contributed by atoms with van der Waals surface area (Å²) >= 11 is 0. The molecule has 0 saturated heterocycles. The molecule has 64 heavy (non-hydrogen) atoms. The average molecular weight is 895 g/mol. The van der Waals surface area contributed by atoms with E-state index < -0.39 is 6.10 Å². The van der Waals surface area contributed by atoms with Crippen molar-refractivity contribution in [2.24, 2.45) is 0 Å². The summed E-state index contributed by atoms with van der Waals surface area (Å²) in [6.45, 7) is 6.50. The normalized spacial score (nSPS) is 12.5. The van der Waals surface area contributed by atoms with Gasteiger partial charge in [-0.05, 0) is 103 Å². The van der Waals surface area contributed by atoms with E-state index in [9.17, 15) is 14.4 Å². The topological polar surface area (TPSA) is 78.9 Å². The van der Waals surface area contributed by atoms with Crippen LogP contribution in [0.1, 0.15) is 271 Å². The number of rotatable bonds is 49. The van der Waals surface area contributed by atoms with Crippen LogP contribution in [0.25, 0.3) is 0 Å². The van der Waals surface area contributed by atoms with Gasteiger partial charge in [-0.1, -0.05) is 210 Å². The van der Waals surface area contributed by atoms with E-state index >= 15 is 0 Å². The maximum absolute atomic E-state index is 12.8. The number of hydrogen-bond donors (Lipinski definition) is 0. The zero-order valence-electron chi connectivity index (χ0n) is 42.3. The predicted octanol–water partition coefficient (Wildman–Crippen LogP) is 18.0. The van der Waals surface area contributed by atoms with Crippen molar-refractivity contribution in [1.29, 1.82) is 0 Å². The molecule has 0 amide bonds. The van der Waals surface area contributed by atoms with E-state index in [4.69, 9.17) is 14.2 Å².